The van der Waals surface area contributed by atoms with Crippen LogP contribution in [0.25, 0.3) is 0 Å². The van der Waals surface area contributed by atoms with Gasteiger partial charge in [0.2, 0.25) is 18.6 Å². The summed E-state index contributed by atoms with van der Waals surface area (Å²) >= 11 is 0. The zero-order valence-corrected chi connectivity index (χ0v) is 42.0. The average molecular weight is 1030 g/mol. The number of nitrogens with zero attached hydrogens (tertiary/aromatic N) is 4. The number of methoxy groups -OCH3 is 2. The summed E-state index contributed by atoms with van der Waals surface area (Å²) in [6.07, 6.45) is -1.89. The summed E-state index contributed by atoms with van der Waals surface area (Å²) in [6, 6.07) is 41.2. The maximum Gasteiger partial charge on any atom is 0.421 e. The van der Waals surface area contributed by atoms with Crippen molar-refractivity contribution in [2.45, 2.75) is 36.2 Å². The standard InChI is InChI=1S/C60H56N4O12/c1-70-33-34-73-59(69)63-48-25-17-40(14-13-39-15-21-45(71-2)22-16-39)35-47(48)60(58(63)68)51(56(66)62-29-27-61(28-30-62)37-41-18-26-49-50(36-41)75-38-74-49)53-57(67)76-54(43-11-7-4-8-12-43)52(42-9-5-3-6-10-42)64(53)55(60)44-19-23-46(24-20-44)72-32-31-65/h3-12,15-26,35-36,51-55,65H,27-34,37-38H2,1-2H3/t51-,52-,53-,54+,55+,60-/m1/s1. The Morgan fingerprint density at radius 2 is 1.38 bits per heavy atom. The van der Waals surface area contributed by atoms with Crippen LogP contribution in [0.2, 0.25) is 0 Å². The van der Waals surface area contributed by atoms with Crippen LogP contribution in [0, 0.1) is 17.8 Å². The molecule has 5 aliphatic rings. The minimum atomic E-state index is -2.02. The van der Waals surface area contributed by atoms with Gasteiger partial charge in [-0.1, -0.05) is 90.7 Å². The molecule has 6 atom stereocenters. The number of imide groups is 1. The van der Waals surface area contributed by atoms with Gasteiger partial charge in [0.05, 0.1) is 44.0 Å². The first-order valence-electron chi connectivity index (χ1n) is 25.3. The van der Waals surface area contributed by atoms with Gasteiger partial charge in [-0.2, -0.15) is 0 Å². The van der Waals surface area contributed by atoms with E-state index in [1.165, 1.54) is 7.11 Å². The number of amides is 3. The molecule has 388 valence electrons. The molecule has 5 heterocycles. The minimum Gasteiger partial charge on any atom is -0.497 e. The minimum absolute atomic E-state index is 0.0362. The molecule has 3 saturated heterocycles. The number of hydrogen-bond acceptors (Lipinski definition) is 14. The van der Waals surface area contributed by atoms with E-state index in [2.05, 4.69) is 16.7 Å². The number of hydrogen-bond donors (Lipinski definition) is 1. The molecule has 3 amide bonds. The number of rotatable bonds is 13. The molecule has 11 rings (SSSR count). The fourth-order valence-corrected chi connectivity index (χ4v) is 11.6. The number of anilines is 1. The van der Waals surface area contributed by atoms with Crippen molar-refractivity contribution in [1.82, 2.24) is 14.7 Å². The maximum atomic E-state index is 16.7. The summed E-state index contributed by atoms with van der Waals surface area (Å²) < 4.78 is 40.2. The number of cyclic esters (lactones) is 1. The summed E-state index contributed by atoms with van der Waals surface area (Å²) in [5.74, 6) is 5.63. The van der Waals surface area contributed by atoms with Gasteiger partial charge in [0.1, 0.15) is 42.3 Å². The van der Waals surface area contributed by atoms with Gasteiger partial charge in [0.15, 0.2) is 11.5 Å². The van der Waals surface area contributed by atoms with Crippen LogP contribution in [0.3, 0.4) is 0 Å². The SMILES string of the molecule is COCCOC(=O)N1C(=O)[C@@]2(c3cc(C#Cc4ccc(OC)cc4)ccc31)[C@H](c1ccc(OCCO)cc1)N1[C@H](c3ccccc3)[C@H](c3ccccc3)OC(=O)[C@H]1[C@@H]2C(=O)N1CCN(Cc2ccc3c(c2)OCO3)CC1. The van der Waals surface area contributed by atoms with Gasteiger partial charge < -0.3 is 43.2 Å². The molecule has 0 aromatic heterocycles. The molecule has 1 N–H and O–H groups in total. The Kier molecular flexibility index (Phi) is 14.2. The Morgan fingerprint density at radius 3 is 2.09 bits per heavy atom. The van der Waals surface area contributed by atoms with Crippen LogP contribution in [0.1, 0.15) is 57.1 Å². The summed E-state index contributed by atoms with van der Waals surface area (Å²) in [7, 11) is 3.07. The quantitative estimate of drug-likeness (QED) is 0.0715. The molecular formula is C60H56N4O12. The molecule has 0 radical (unpaired) electrons. The van der Waals surface area contributed by atoms with Gasteiger partial charge in [-0.25, -0.2) is 9.69 Å². The lowest BCUT2D eigenvalue weighted by molar-refractivity contribution is -0.179. The summed E-state index contributed by atoms with van der Waals surface area (Å²) in [6.45, 7) is 1.96. The van der Waals surface area contributed by atoms with Crippen molar-refractivity contribution >= 4 is 29.6 Å². The van der Waals surface area contributed by atoms with Crippen molar-refractivity contribution in [3.05, 3.63) is 185 Å². The maximum absolute atomic E-state index is 16.7. The van der Waals surface area contributed by atoms with Crippen molar-refractivity contribution in [1.29, 1.82) is 0 Å². The van der Waals surface area contributed by atoms with Crippen LogP contribution in [0.5, 0.6) is 23.0 Å². The number of carbonyl (C=O) groups is 4. The van der Waals surface area contributed by atoms with Gasteiger partial charge in [-0.15, -0.1) is 0 Å². The fourth-order valence-electron chi connectivity index (χ4n) is 11.6. The van der Waals surface area contributed by atoms with Gasteiger partial charge in [-0.05, 0) is 94.5 Å². The van der Waals surface area contributed by atoms with E-state index in [0.29, 0.717) is 70.4 Å². The van der Waals surface area contributed by atoms with E-state index in [1.54, 1.807) is 42.3 Å². The number of benzene rings is 6. The van der Waals surface area contributed by atoms with E-state index in [4.69, 9.17) is 33.2 Å². The van der Waals surface area contributed by atoms with Gasteiger partial charge in [0, 0.05) is 51.0 Å². The molecule has 0 unspecified atom stereocenters. The van der Waals surface area contributed by atoms with Crippen molar-refractivity contribution in [2.75, 3.05) is 78.5 Å². The normalized spacial score (nSPS) is 22.6. The van der Waals surface area contributed by atoms with E-state index in [9.17, 15) is 9.90 Å². The number of aliphatic hydroxyl groups is 1. The molecule has 3 fully saturated rings. The van der Waals surface area contributed by atoms with Crippen molar-refractivity contribution in [2.24, 2.45) is 5.92 Å². The molecule has 76 heavy (non-hydrogen) atoms. The molecule has 16 heteroatoms. The second-order valence-corrected chi connectivity index (χ2v) is 19.2. The number of fused-ring (bicyclic) bond motifs is 4. The first-order valence-corrected chi connectivity index (χ1v) is 25.3. The monoisotopic (exact) mass is 1020 g/mol. The molecule has 6 aromatic rings. The molecule has 0 aliphatic carbocycles. The van der Waals surface area contributed by atoms with Crippen molar-refractivity contribution in [3.63, 3.8) is 0 Å². The Hall–Kier alpha value is -8.20. The van der Waals surface area contributed by atoms with E-state index in [-0.39, 0.29) is 52.0 Å². The Balaban J connectivity index is 1.12. The molecule has 1 spiro atoms. The van der Waals surface area contributed by atoms with Gasteiger partial charge in [-0.3, -0.25) is 24.2 Å². The van der Waals surface area contributed by atoms with Crippen molar-refractivity contribution in [3.8, 4) is 34.8 Å². The Labute approximate surface area is 440 Å². The van der Waals surface area contributed by atoms with Gasteiger partial charge >= 0.3 is 12.1 Å². The van der Waals surface area contributed by atoms with Crippen LogP contribution in [0.4, 0.5) is 10.5 Å². The zero-order valence-electron chi connectivity index (χ0n) is 42.0. The lowest BCUT2D eigenvalue weighted by Crippen LogP contribution is -2.59. The summed E-state index contributed by atoms with van der Waals surface area (Å²) in [5, 5.41) is 9.69. The number of carbonyl (C=O) groups excluding carboxylic acids is 4. The number of esters is 1. The fraction of sp³-hybridized carbons (Fsp3) is 0.300. The third kappa shape index (κ3) is 9.15. The van der Waals surface area contributed by atoms with Gasteiger partial charge in [0.25, 0.3) is 0 Å². The average Bonchev–Trinajstić information content (AvgIpc) is 3.81. The number of piperazine rings is 1. The van der Waals surface area contributed by atoms with E-state index >= 15 is 14.4 Å². The molecule has 16 nitrogen and oxygen atoms in total. The van der Waals surface area contributed by atoms with Crippen molar-refractivity contribution < 1.29 is 57.4 Å². The molecule has 0 saturated carbocycles. The van der Waals surface area contributed by atoms with E-state index in [0.717, 1.165) is 16.0 Å². The second-order valence-electron chi connectivity index (χ2n) is 19.2. The summed E-state index contributed by atoms with van der Waals surface area (Å²) in [4.78, 5) is 70.5. The van der Waals surface area contributed by atoms with E-state index in [1.807, 2.05) is 120 Å². The molecular weight excluding hydrogens is 969 g/mol. The Bertz CT molecular complexity index is 3180. The molecule has 0 bridgehead atoms. The predicted molar refractivity (Wildman–Crippen MR) is 278 cm³/mol. The van der Waals surface area contributed by atoms with Crippen LogP contribution in [0.15, 0.2) is 146 Å². The van der Waals surface area contributed by atoms with Crippen LogP contribution < -0.4 is 23.8 Å². The number of morpholine rings is 1. The highest BCUT2D eigenvalue weighted by molar-refractivity contribution is 6.23. The van der Waals surface area contributed by atoms with Crippen LogP contribution in [-0.2, 0) is 40.6 Å². The lowest BCUT2D eigenvalue weighted by Gasteiger charge is -2.46. The smallest absolute Gasteiger partial charge is 0.421 e. The highest BCUT2D eigenvalue weighted by atomic mass is 16.7. The van der Waals surface area contributed by atoms with Crippen LogP contribution >= 0.6 is 0 Å². The third-order valence-electron chi connectivity index (χ3n) is 14.9. The first kappa shape index (κ1) is 50.0. The number of aliphatic hydroxyl groups excluding tert-OH is 1. The molecule has 5 aliphatic heterocycles. The number of ether oxygens (including phenoxy) is 7. The second kappa shape index (κ2) is 21.6. The van der Waals surface area contributed by atoms with E-state index < -0.39 is 59.4 Å². The first-order chi connectivity index (χ1) is 37.2. The highest BCUT2D eigenvalue weighted by Crippen LogP contribution is 2.66. The Morgan fingerprint density at radius 1 is 0.697 bits per heavy atom. The zero-order chi connectivity index (χ0) is 52.3. The largest absolute Gasteiger partial charge is 0.497 e. The van der Waals surface area contributed by atoms with Crippen LogP contribution in [-0.4, -0.2) is 123 Å². The predicted octanol–water partition coefficient (Wildman–Crippen LogP) is 6.99. The summed E-state index contributed by atoms with van der Waals surface area (Å²) in [5.41, 5.74) is 2.70. The molecule has 6 aromatic carbocycles. The topological polar surface area (TPSA) is 166 Å². The lowest BCUT2D eigenvalue weighted by atomic mass is 9.64. The third-order valence-corrected chi connectivity index (χ3v) is 14.9. The highest BCUT2D eigenvalue weighted by Gasteiger charge is 2.76.